The maximum atomic E-state index is 13.2. The lowest BCUT2D eigenvalue weighted by atomic mass is 9.96. The molecule has 2 aromatic rings. The van der Waals surface area contributed by atoms with E-state index in [1.165, 1.54) is 7.11 Å². The zero-order valence-electron chi connectivity index (χ0n) is 16.1. The largest absolute Gasteiger partial charge is 0.467 e. The minimum atomic E-state index is -0.720. The Kier molecular flexibility index (Phi) is 7.32. The fourth-order valence-corrected chi connectivity index (χ4v) is 4.38. The van der Waals surface area contributed by atoms with Gasteiger partial charge in [-0.1, -0.05) is 29.3 Å². The van der Waals surface area contributed by atoms with Crippen LogP contribution >= 0.6 is 35.0 Å². The monoisotopic (exact) mass is 456 g/mol. The molecule has 1 aliphatic rings. The van der Waals surface area contributed by atoms with Crippen molar-refractivity contribution in [1.29, 1.82) is 0 Å². The summed E-state index contributed by atoms with van der Waals surface area (Å²) in [5, 5.41) is 3.77. The second kappa shape index (κ2) is 9.73. The Morgan fingerprint density at radius 1 is 1.45 bits per heavy atom. The lowest BCUT2D eigenvalue weighted by Gasteiger charge is -2.36. The van der Waals surface area contributed by atoms with Crippen LogP contribution in [-0.2, 0) is 16.0 Å². The van der Waals surface area contributed by atoms with Gasteiger partial charge < -0.3 is 19.9 Å². The van der Waals surface area contributed by atoms with Crippen LogP contribution in [0.3, 0.4) is 0 Å². The van der Waals surface area contributed by atoms with Gasteiger partial charge in [-0.15, -0.1) is 0 Å². The van der Waals surface area contributed by atoms with Crippen LogP contribution in [0.25, 0.3) is 0 Å². The van der Waals surface area contributed by atoms with E-state index in [4.69, 9.17) is 27.9 Å². The predicted octanol–water partition coefficient (Wildman–Crippen LogP) is 3.67. The number of halogens is 2. The van der Waals surface area contributed by atoms with E-state index in [2.05, 4.69) is 15.3 Å². The number of amides is 2. The molecule has 1 aromatic carbocycles. The van der Waals surface area contributed by atoms with Gasteiger partial charge in [0.05, 0.1) is 19.1 Å². The van der Waals surface area contributed by atoms with Gasteiger partial charge in [-0.25, -0.2) is 14.6 Å². The summed E-state index contributed by atoms with van der Waals surface area (Å²) in [6, 6.07) is 3.59. The third-order valence-corrected chi connectivity index (χ3v) is 6.04. The van der Waals surface area contributed by atoms with Crippen molar-refractivity contribution in [3.63, 3.8) is 0 Å². The van der Waals surface area contributed by atoms with E-state index >= 15 is 0 Å². The Bertz CT molecular complexity index is 892. The van der Waals surface area contributed by atoms with E-state index in [9.17, 15) is 9.59 Å². The summed E-state index contributed by atoms with van der Waals surface area (Å²) in [6.07, 6.45) is 4.66. The number of carbonyl (C=O) groups is 2. The number of nitrogens with zero attached hydrogens (tertiary/aromatic N) is 2. The molecule has 2 amide bonds. The highest BCUT2D eigenvalue weighted by molar-refractivity contribution is 7.98. The van der Waals surface area contributed by atoms with E-state index in [-0.39, 0.29) is 6.03 Å². The van der Waals surface area contributed by atoms with Crippen LogP contribution in [0.15, 0.2) is 24.5 Å². The van der Waals surface area contributed by atoms with E-state index < -0.39 is 18.1 Å². The van der Waals surface area contributed by atoms with Crippen LogP contribution in [0.2, 0.25) is 10.0 Å². The van der Waals surface area contributed by atoms with Gasteiger partial charge in [0.2, 0.25) is 0 Å². The van der Waals surface area contributed by atoms with Crippen molar-refractivity contribution in [2.24, 2.45) is 0 Å². The Morgan fingerprint density at radius 2 is 2.24 bits per heavy atom. The van der Waals surface area contributed by atoms with Crippen LogP contribution in [0.5, 0.6) is 0 Å². The topological polar surface area (TPSA) is 87.3 Å². The summed E-state index contributed by atoms with van der Waals surface area (Å²) >= 11 is 14.1. The molecule has 7 nitrogen and oxygen atoms in total. The van der Waals surface area contributed by atoms with E-state index in [0.717, 1.165) is 22.7 Å². The summed E-state index contributed by atoms with van der Waals surface area (Å²) in [5.74, 6) is 0.252. The molecule has 156 valence electrons. The SMILES string of the molecule is COC(=O)[C@@H](CCSC)NC(=O)N1CCc2[nH]cnc2[C@H]1c1ccc(Cl)cc1Cl. The number of aromatic amines is 1. The zero-order valence-corrected chi connectivity index (χ0v) is 18.4. The van der Waals surface area contributed by atoms with Gasteiger partial charge in [0.25, 0.3) is 0 Å². The zero-order chi connectivity index (χ0) is 21.0. The predicted molar refractivity (Wildman–Crippen MR) is 115 cm³/mol. The Morgan fingerprint density at radius 3 is 2.93 bits per heavy atom. The number of thioether (sulfide) groups is 1. The van der Waals surface area contributed by atoms with E-state index in [1.54, 1.807) is 41.2 Å². The molecule has 0 radical (unpaired) electrons. The average molecular weight is 457 g/mol. The number of esters is 1. The Labute approximate surface area is 183 Å². The molecule has 2 heterocycles. The summed E-state index contributed by atoms with van der Waals surface area (Å²) in [7, 11) is 1.31. The van der Waals surface area contributed by atoms with Crippen LogP contribution in [0.4, 0.5) is 4.79 Å². The second-order valence-electron chi connectivity index (χ2n) is 6.58. The molecule has 0 saturated carbocycles. The molecule has 0 saturated heterocycles. The number of H-pyrrole nitrogens is 1. The highest BCUT2D eigenvalue weighted by Gasteiger charge is 2.36. The molecule has 3 rings (SSSR count). The van der Waals surface area contributed by atoms with Gasteiger partial charge in [-0.05, 0) is 36.1 Å². The first-order valence-electron chi connectivity index (χ1n) is 9.07. The molecule has 0 unspecified atom stereocenters. The van der Waals surface area contributed by atoms with Crippen LogP contribution in [0.1, 0.15) is 29.4 Å². The number of nitrogens with one attached hydrogen (secondary N) is 2. The molecular formula is C19H22Cl2N4O3S. The molecule has 0 fully saturated rings. The normalized spacial score (nSPS) is 16.8. The molecule has 1 aliphatic heterocycles. The number of carbonyl (C=O) groups excluding carboxylic acids is 2. The van der Waals surface area contributed by atoms with E-state index in [0.29, 0.717) is 29.4 Å². The minimum Gasteiger partial charge on any atom is -0.467 e. The smallest absolute Gasteiger partial charge is 0.328 e. The fourth-order valence-electron chi connectivity index (χ4n) is 3.39. The number of fused-ring (bicyclic) bond motifs is 1. The van der Waals surface area contributed by atoms with Gasteiger partial charge in [-0.2, -0.15) is 11.8 Å². The lowest BCUT2D eigenvalue weighted by molar-refractivity contribution is -0.142. The van der Waals surface area contributed by atoms with E-state index in [1.807, 2.05) is 6.26 Å². The van der Waals surface area contributed by atoms with Crippen molar-refractivity contribution >= 4 is 47.0 Å². The maximum Gasteiger partial charge on any atom is 0.328 e. The Hall–Kier alpha value is -1.90. The molecule has 1 aromatic heterocycles. The summed E-state index contributed by atoms with van der Waals surface area (Å²) in [5.41, 5.74) is 2.41. The number of imidazole rings is 1. The van der Waals surface area contributed by atoms with Gasteiger partial charge in [0.1, 0.15) is 12.1 Å². The first kappa shape index (κ1) is 21.8. The molecule has 0 aliphatic carbocycles. The van der Waals surface area contributed by atoms with Crippen molar-refractivity contribution in [2.75, 3.05) is 25.7 Å². The highest BCUT2D eigenvalue weighted by Crippen LogP contribution is 2.37. The number of hydrogen-bond donors (Lipinski definition) is 2. The van der Waals surface area contributed by atoms with Gasteiger partial charge >= 0.3 is 12.0 Å². The highest BCUT2D eigenvalue weighted by atomic mass is 35.5. The molecule has 0 bridgehead atoms. The third kappa shape index (κ3) is 4.82. The average Bonchev–Trinajstić information content (AvgIpc) is 3.19. The lowest BCUT2D eigenvalue weighted by Crippen LogP contribution is -2.51. The number of aromatic nitrogens is 2. The van der Waals surface area contributed by atoms with Crippen LogP contribution < -0.4 is 5.32 Å². The number of rotatable bonds is 6. The second-order valence-corrected chi connectivity index (χ2v) is 8.41. The minimum absolute atomic E-state index is 0.369. The molecule has 2 atom stereocenters. The number of urea groups is 1. The first-order chi connectivity index (χ1) is 14.0. The van der Waals surface area contributed by atoms with Crippen molar-refractivity contribution in [1.82, 2.24) is 20.2 Å². The third-order valence-electron chi connectivity index (χ3n) is 4.84. The first-order valence-corrected chi connectivity index (χ1v) is 11.2. The van der Waals surface area contributed by atoms with Crippen LogP contribution in [0, 0.1) is 0 Å². The van der Waals surface area contributed by atoms with Crippen molar-refractivity contribution < 1.29 is 14.3 Å². The number of hydrogen-bond acceptors (Lipinski definition) is 5. The molecule has 10 heteroatoms. The van der Waals surface area contributed by atoms with Gasteiger partial charge in [0, 0.05) is 28.7 Å². The summed E-state index contributed by atoms with van der Waals surface area (Å²) in [4.78, 5) is 34.5. The van der Waals surface area contributed by atoms with Gasteiger partial charge in [-0.3, -0.25) is 0 Å². The molecule has 29 heavy (non-hydrogen) atoms. The summed E-state index contributed by atoms with van der Waals surface area (Å²) in [6.45, 7) is 0.446. The Balaban J connectivity index is 1.91. The standard InChI is InChI=1S/C19H22Cl2N4O3S/c1-28-18(26)15(6-8-29-2)24-19(27)25-7-5-14-16(23-10-22-14)17(25)12-4-3-11(20)9-13(12)21/h3-4,9-10,15,17H,5-8H2,1-2H3,(H,22,23)(H,24,27)/t15-,17-/m1/s1. The fraction of sp³-hybridized carbons (Fsp3) is 0.421. The quantitative estimate of drug-likeness (QED) is 0.647. The molecule has 2 N–H and O–H groups in total. The molecular weight excluding hydrogens is 435 g/mol. The van der Waals surface area contributed by atoms with Crippen molar-refractivity contribution in [3.8, 4) is 0 Å². The summed E-state index contributed by atoms with van der Waals surface area (Å²) < 4.78 is 4.85. The number of ether oxygens (including phenoxy) is 1. The molecule has 0 spiro atoms. The number of methoxy groups -OCH3 is 1. The number of benzene rings is 1. The van der Waals surface area contributed by atoms with Crippen molar-refractivity contribution in [3.05, 3.63) is 51.5 Å². The van der Waals surface area contributed by atoms with Crippen LogP contribution in [-0.4, -0.2) is 58.6 Å². The van der Waals surface area contributed by atoms with Crippen molar-refractivity contribution in [2.45, 2.75) is 24.9 Å². The maximum absolute atomic E-state index is 13.2. The van der Waals surface area contributed by atoms with Gasteiger partial charge in [0.15, 0.2) is 0 Å².